The molecule has 3 heteroatoms. The normalized spacial score (nSPS) is 12.8. The summed E-state index contributed by atoms with van der Waals surface area (Å²) in [4.78, 5) is 0. The van der Waals surface area contributed by atoms with E-state index in [-0.39, 0.29) is 0 Å². The van der Waals surface area contributed by atoms with Gasteiger partial charge in [-0.15, -0.1) is 0 Å². The highest BCUT2D eigenvalue weighted by molar-refractivity contribution is 7.01. The number of aryl methyl sites for hydroxylation is 2. The molecule has 0 fully saturated rings. The largest absolute Gasteiger partial charge is 0.450 e. The maximum absolute atomic E-state index is 6.79. The Kier molecular flexibility index (Phi) is 5.14. The average Bonchev–Trinajstić information content (AvgIpc) is 2.86. The zero-order chi connectivity index (χ0) is 25.4. The third-order valence-corrected chi connectivity index (χ3v) is 11.9. The van der Waals surface area contributed by atoms with Crippen LogP contribution in [0.1, 0.15) is 36.5 Å². The van der Waals surface area contributed by atoms with Crippen LogP contribution in [0, 0.1) is 13.8 Å². The van der Waals surface area contributed by atoms with Crippen molar-refractivity contribution in [2.24, 2.45) is 7.05 Å². The zero-order valence-corrected chi connectivity index (χ0v) is 23.4. The van der Waals surface area contributed by atoms with Crippen LogP contribution < -0.4 is 19.7 Å². The summed E-state index contributed by atoms with van der Waals surface area (Å²) < 4.78 is 9.16. The van der Waals surface area contributed by atoms with E-state index in [4.69, 9.17) is 4.74 Å². The number of fused-ring (bicyclic) bond motifs is 3. The molecule has 0 aliphatic carbocycles. The third-order valence-electron chi connectivity index (χ3n) is 8.32. The fourth-order valence-electron chi connectivity index (χ4n) is 6.00. The van der Waals surface area contributed by atoms with E-state index in [1.54, 1.807) is 0 Å². The number of rotatable bonds is 3. The lowest BCUT2D eigenvalue weighted by atomic mass is 9.88. The standard InChI is InChI=1S/C33H34NOSi/c1-20(2)23-17-24-16-21(3)22(4)31-32(24)28(18-23)35-29-19-26-27(34(5)33(29)31)14-11-15-30(26)36(6,7)25-12-9-8-10-13-25/h8-20H,1-7H3/q+1. The lowest BCUT2D eigenvalue weighted by molar-refractivity contribution is -0.633. The highest BCUT2D eigenvalue weighted by Crippen LogP contribution is 2.48. The Hall–Kier alpha value is -3.43. The third kappa shape index (κ3) is 3.26. The lowest BCUT2D eigenvalue weighted by Gasteiger charge is -2.27. The van der Waals surface area contributed by atoms with Crippen LogP contribution in [0.2, 0.25) is 13.1 Å². The first-order valence-electron chi connectivity index (χ1n) is 13.0. The molecule has 1 aliphatic rings. The molecular weight excluding hydrogens is 454 g/mol. The molecule has 6 rings (SSSR count). The van der Waals surface area contributed by atoms with E-state index in [1.807, 2.05) is 0 Å². The van der Waals surface area contributed by atoms with Gasteiger partial charge in [0.05, 0.1) is 5.56 Å². The Morgan fingerprint density at radius 2 is 1.58 bits per heavy atom. The van der Waals surface area contributed by atoms with Gasteiger partial charge in [0.25, 0.3) is 5.69 Å². The van der Waals surface area contributed by atoms with Crippen LogP contribution in [-0.2, 0) is 7.05 Å². The zero-order valence-electron chi connectivity index (χ0n) is 22.4. The van der Waals surface area contributed by atoms with Gasteiger partial charge in [0.1, 0.15) is 20.9 Å². The molecule has 0 N–H and O–H groups in total. The van der Waals surface area contributed by atoms with E-state index < -0.39 is 8.07 Å². The van der Waals surface area contributed by atoms with Gasteiger partial charge in [-0.1, -0.05) is 86.7 Å². The van der Waals surface area contributed by atoms with Gasteiger partial charge >= 0.3 is 0 Å². The van der Waals surface area contributed by atoms with Crippen LogP contribution in [-0.4, -0.2) is 8.07 Å². The van der Waals surface area contributed by atoms with Gasteiger partial charge in [0.2, 0.25) is 5.52 Å². The minimum absolute atomic E-state index is 0.442. The van der Waals surface area contributed by atoms with E-state index in [2.05, 4.69) is 125 Å². The quantitative estimate of drug-likeness (QED) is 0.190. The van der Waals surface area contributed by atoms with Crippen LogP contribution in [0.4, 0.5) is 0 Å². The van der Waals surface area contributed by atoms with Crippen molar-refractivity contribution in [1.82, 2.24) is 0 Å². The molecule has 2 nitrogen and oxygen atoms in total. The summed E-state index contributed by atoms with van der Waals surface area (Å²) in [5, 5.41) is 6.69. The maximum atomic E-state index is 6.79. The number of benzene rings is 4. The summed E-state index contributed by atoms with van der Waals surface area (Å²) in [6, 6.07) is 27.1. The predicted octanol–water partition coefficient (Wildman–Crippen LogP) is 7.15. The van der Waals surface area contributed by atoms with Gasteiger partial charge in [0.15, 0.2) is 5.75 Å². The van der Waals surface area contributed by atoms with Gasteiger partial charge in [0, 0.05) is 22.9 Å². The second-order valence-corrected chi connectivity index (χ2v) is 15.6. The Bertz CT molecular complexity index is 1680. The molecule has 2 heterocycles. The number of pyridine rings is 1. The van der Waals surface area contributed by atoms with Crippen LogP contribution in [0.3, 0.4) is 0 Å². The number of hydrogen-bond donors (Lipinski definition) is 0. The van der Waals surface area contributed by atoms with Crippen molar-refractivity contribution in [2.45, 2.75) is 46.7 Å². The number of aromatic nitrogens is 1. The van der Waals surface area contributed by atoms with Crippen molar-refractivity contribution < 1.29 is 9.30 Å². The Morgan fingerprint density at radius 1 is 0.833 bits per heavy atom. The summed E-state index contributed by atoms with van der Waals surface area (Å²) in [7, 11) is 0.280. The molecule has 0 amide bonds. The van der Waals surface area contributed by atoms with Crippen LogP contribution in [0.5, 0.6) is 11.5 Å². The van der Waals surface area contributed by atoms with E-state index in [1.165, 1.54) is 60.0 Å². The Balaban J connectivity index is 1.69. The molecule has 0 unspecified atom stereocenters. The summed E-state index contributed by atoms with van der Waals surface area (Å²) in [5.74, 6) is 2.38. The Morgan fingerprint density at radius 3 is 2.31 bits per heavy atom. The van der Waals surface area contributed by atoms with E-state index in [0.29, 0.717) is 5.92 Å². The van der Waals surface area contributed by atoms with E-state index in [9.17, 15) is 0 Å². The van der Waals surface area contributed by atoms with E-state index >= 15 is 0 Å². The summed E-state index contributed by atoms with van der Waals surface area (Å²) in [5.41, 5.74) is 7.71. The fraction of sp³-hybridized carbons (Fsp3) is 0.242. The van der Waals surface area contributed by atoms with Gasteiger partial charge in [-0.05, 0) is 53.1 Å². The molecule has 0 radical (unpaired) electrons. The smallest absolute Gasteiger partial charge is 0.256 e. The predicted molar refractivity (Wildman–Crippen MR) is 155 cm³/mol. The van der Waals surface area contributed by atoms with Crippen molar-refractivity contribution in [3.63, 3.8) is 0 Å². The minimum Gasteiger partial charge on any atom is -0.450 e. The molecule has 5 aromatic rings. The second-order valence-electron chi connectivity index (χ2n) is 11.2. The fourth-order valence-corrected chi connectivity index (χ4v) is 8.72. The molecule has 1 aromatic heterocycles. The molecule has 0 saturated heterocycles. The molecular formula is C33H34NOSi+. The molecule has 0 atom stereocenters. The number of ether oxygens (including phenoxy) is 1. The number of hydrogen-bond acceptors (Lipinski definition) is 1. The summed E-state index contributed by atoms with van der Waals surface area (Å²) in [6.07, 6.45) is 0. The molecule has 36 heavy (non-hydrogen) atoms. The lowest BCUT2D eigenvalue weighted by Crippen LogP contribution is -2.53. The van der Waals surface area contributed by atoms with Crippen molar-refractivity contribution in [3.05, 3.63) is 89.5 Å². The average molecular weight is 489 g/mol. The topological polar surface area (TPSA) is 13.1 Å². The molecule has 4 aromatic carbocycles. The van der Waals surface area contributed by atoms with E-state index in [0.717, 1.165) is 11.5 Å². The van der Waals surface area contributed by atoms with Crippen molar-refractivity contribution in [1.29, 1.82) is 0 Å². The first-order chi connectivity index (χ1) is 17.2. The molecule has 0 spiro atoms. The van der Waals surface area contributed by atoms with Crippen molar-refractivity contribution in [3.8, 4) is 22.8 Å². The second kappa shape index (κ2) is 8.04. The van der Waals surface area contributed by atoms with Crippen LogP contribution in [0.15, 0.2) is 72.8 Å². The monoisotopic (exact) mass is 488 g/mol. The Labute approximate surface area is 215 Å². The highest BCUT2D eigenvalue weighted by Gasteiger charge is 2.35. The highest BCUT2D eigenvalue weighted by atomic mass is 28.3. The maximum Gasteiger partial charge on any atom is 0.256 e. The van der Waals surface area contributed by atoms with Crippen molar-refractivity contribution in [2.75, 3.05) is 0 Å². The SMILES string of the molecule is Cc1cc2cc(C(C)C)cc3c2c(c1C)-c1c(cc2c([Si](C)(C)c4ccccc4)cccc2[n+]1C)O3. The molecule has 0 bridgehead atoms. The van der Waals surface area contributed by atoms with Gasteiger partial charge < -0.3 is 4.74 Å². The van der Waals surface area contributed by atoms with Crippen LogP contribution in [0.25, 0.3) is 32.9 Å². The van der Waals surface area contributed by atoms with Crippen molar-refractivity contribution >= 4 is 40.1 Å². The summed E-state index contributed by atoms with van der Waals surface area (Å²) >= 11 is 0. The first kappa shape index (κ1) is 23.0. The van der Waals surface area contributed by atoms with Gasteiger partial charge in [-0.25, -0.2) is 0 Å². The molecule has 0 saturated carbocycles. The van der Waals surface area contributed by atoms with Gasteiger partial charge in [-0.2, -0.15) is 4.57 Å². The van der Waals surface area contributed by atoms with Crippen LogP contribution >= 0.6 is 0 Å². The number of nitrogens with zero attached hydrogens (tertiary/aromatic N) is 1. The molecule has 1 aliphatic heterocycles. The molecule has 180 valence electrons. The summed E-state index contributed by atoms with van der Waals surface area (Å²) in [6.45, 7) is 13.9. The minimum atomic E-state index is -1.92. The van der Waals surface area contributed by atoms with Gasteiger partial charge in [-0.3, -0.25) is 0 Å². The first-order valence-corrected chi connectivity index (χ1v) is 16.0.